The molecule has 1 aromatic rings. The fourth-order valence-corrected chi connectivity index (χ4v) is 2.20. The van der Waals surface area contributed by atoms with E-state index >= 15 is 0 Å². The molecular formula is C16H24BrN3O2. The van der Waals surface area contributed by atoms with Gasteiger partial charge in [0.15, 0.2) is 0 Å². The quantitative estimate of drug-likeness (QED) is 0.799. The summed E-state index contributed by atoms with van der Waals surface area (Å²) in [4.78, 5) is 27.2. The summed E-state index contributed by atoms with van der Waals surface area (Å²) in [5, 5.41) is 2.96. The lowest BCUT2D eigenvalue weighted by atomic mass is 10.1. The number of hydrogen-bond acceptors (Lipinski definition) is 3. The van der Waals surface area contributed by atoms with Gasteiger partial charge in [-0.1, -0.05) is 35.0 Å². The number of rotatable bonds is 7. The topological polar surface area (TPSA) is 52.7 Å². The maximum Gasteiger partial charge on any atom is 0.236 e. The van der Waals surface area contributed by atoms with Gasteiger partial charge in [-0.15, -0.1) is 0 Å². The van der Waals surface area contributed by atoms with E-state index in [1.54, 1.807) is 14.1 Å². The lowest BCUT2D eigenvalue weighted by Crippen LogP contribution is -2.42. The van der Waals surface area contributed by atoms with Crippen molar-refractivity contribution in [1.82, 2.24) is 15.1 Å². The van der Waals surface area contributed by atoms with Crippen molar-refractivity contribution in [3.8, 4) is 0 Å². The first kappa shape index (κ1) is 18.6. The zero-order valence-electron chi connectivity index (χ0n) is 13.6. The molecule has 1 aromatic carbocycles. The highest BCUT2D eigenvalue weighted by atomic mass is 79.9. The molecule has 0 saturated carbocycles. The molecule has 1 rings (SSSR count). The van der Waals surface area contributed by atoms with Gasteiger partial charge in [0.1, 0.15) is 0 Å². The number of likely N-dealkylation sites (N-methyl/N-ethyl adjacent to an activating group) is 2. The molecule has 0 heterocycles. The van der Waals surface area contributed by atoms with E-state index in [1.807, 2.05) is 43.0 Å². The first-order valence-corrected chi connectivity index (χ1v) is 8.10. The molecule has 0 saturated heterocycles. The van der Waals surface area contributed by atoms with E-state index in [0.29, 0.717) is 6.54 Å². The van der Waals surface area contributed by atoms with Crippen molar-refractivity contribution < 1.29 is 9.59 Å². The molecule has 0 aromatic heterocycles. The van der Waals surface area contributed by atoms with E-state index in [4.69, 9.17) is 0 Å². The summed E-state index contributed by atoms with van der Waals surface area (Å²) in [5.74, 6) is -0.0839. The first-order chi connectivity index (χ1) is 10.3. The molecule has 6 heteroatoms. The van der Waals surface area contributed by atoms with E-state index in [9.17, 15) is 9.59 Å². The van der Waals surface area contributed by atoms with Crippen LogP contribution in [0.4, 0.5) is 0 Å². The number of hydrogen-bond donors (Lipinski definition) is 1. The van der Waals surface area contributed by atoms with Crippen LogP contribution in [-0.2, 0) is 9.59 Å². The summed E-state index contributed by atoms with van der Waals surface area (Å²) in [7, 11) is 3.43. The van der Waals surface area contributed by atoms with Gasteiger partial charge in [0.05, 0.1) is 19.1 Å². The number of carbonyl (C=O) groups excluding carboxylic acids is 2. The van der Waals surface area contributed by atoms with Crippen LogP contribution in [0.2, 0.25) is 0 Å². The van der Waals surface area contributed by atoms with Crippen LogP contribution in [0.3, 0.4) is 0 Å². The summed E-state index contributed by atoms with van der Waals surface area (Å²) < 4.78 is 1.01. The van der Waals surface area contributed by atoms with Crippen LogP contribution < -0.4 is 5.32 Å². The third kappa shape index (κ3) is 6.15. The Bertz CT molecular complexity index is 503. The molecule has 0 aliphatic rings. The fraction of sp³-hybridized carbons (Fsp3) is 0.500. The average Bonchev–Trinajstić information content (AvgIpc) is 2.46. The minimum Gasteiger partial charge on any atom is -0.348 e. The predicted octanol–water partition coefficient (Wildman–Crippen LogP) is 2.04. The van der Waals surface area contributed by atoms with Crippen LogP contribution in [-0.4, -0.2) is 55.3 Å². The van der Waals surface area contributed by atoms with Gasteiger partial charge in [-0.3, -0.25) is 14.5 Å². The number of nitrogens with one attached hydrogen (secondary N) is 1. The highest BCUT2D eigenvalue weighted by molar-refractivity contribution is 9.10. The minimum atomic E-state index is -0.0798. The summed E-state index contributed by atoms with van der Waals surface area (Å²) in [5.41, 5.74) is 1.05. The van der Waals surface area contributed by atoms with Gasteiger partial charge < -0.3 is 10.2 Å². The molecule has 0 fully saturated rings. The van der Waals surface area contributed by atoms with E-state index in [-0.39, 0.29) is 30.9 Å². The van der Waals surface area contributed by atoms with E-state index in [2.05, 4.69) is 21.2 Å². The van der Waals surface area contributed by atoms with Gasteiger partial charge in [-0.25, -0.2) is 0 Å². The molecule has 22 heavy (non-hydrogen) atoms. The van der Waals surface area contributed by atoms with Crippen LogP contribution in [0.25, 0.3) is 0 Å². The highest BCUT2D eigenvalue weighted by Crippen LogP contribution is 2.16. The van der Waals surface area contributed by atoms with Gasteiger partial charge >= 0.3 is 0 Å². The third-order valence-corrected chi connectivity index (χ3v) is 3.95. The second kappa shape index (κ2) is 8.90. The van der Waals surface area contributed by atoms with Gasteiger partial charge in [-0.2, -0.15) is 0 Å². The SMILES string of the molecule is CCN(CC(=O)NC(C)c1ccc(Br)cc1)CC(=O)N(C)C. The number of amides is 2. The van der Waals surface area contributed by atoms with E-state index < -0.39 is 0 Å². The molecule has 0 bridgehead atoms. The molecular weight excluding hydrogens is 346 g/mol. The number of benzene rings is 1. The Labute approximate surface area is 140 Å². The standard InChI is InChI=1S/C16H24BrN3O2/c1-5-20(11-16(22)19(3)4)10-15(21)18-12(2)13-6-8-14(17)9-7-13/h6-9,12H,5,10-11H2,1-4H3,(H,18,21). The van der Waals surface area contributed by atoms with Crippen LogP contribution >= 0.6 is 15.9 Å². The molecule has 0 spiro atoms. The normalized spacial score (nSPS) is 12.1. The molecule has 122 valence electrons. The van der Waals surface area contributed by atoms with Crippen molar-refractivity contribution in [1.29, 1.82) is 0 Å². The molecule has 5 nitrogen and oxygen atoms in total. The smallest absolute Gasteiger partial charge is 0.236 e. The van der Waals surface area contributed by atoms with E-state index in [1.165, 1.54) is 4.90 Å². The van der Waals surface area contributed by atoms with Gasteiger partial charge in [0.2, 0.25) is 11.8 Å². The number of nitrogens with zero attached hydrogens (tertiary/aromatic N) is 2. The predicted molar refractivity (Wildman–Crippen MR) is 91.5 cm³/mol. The minimum absolute atomic E-state index is 0.00407. The zero-order valence-corrected chi connectivity index (χ0v) is 15.2. The second-order valence-corrected chi connectivity index (χ2v) is 6.35. The first-order valence-electron chi connectivity index (χ1n) is 7.30. The lowest BCUT2D eigenvalue weighted by molar-refractivity contribution is -0.130. The Morgan fingerprint density at radius 3 is 2.27 bits per heavy atom. The van der Waals surface area contributed by atoms with Crippen molar-refractivity contribution >= 4 is 27.7 Å². The van der Waals surface area contributed by atoms with Crippen LogP contribution in [0, 0.1) is 0 Å². The van der Waals surface area contributed by atoms with Crippen LogP contribution in [0.1, 0.15) is 25.5 Å². The van der Waals surface area contributed by atoms with Crippen molar-refractivity contribution in [2.24, 2.45) is 0 Å². The third-order valence-electron chi connectivity index (χ3n) is 3.42. The monoisotopic (exact) mass is 369 g/mol. The van der Waals surface area contributed by atoms with Gasteiger partial charge in [-0.05, 0) is 31.2 Å². The molecule has 0 radical (unpaired) electrons. The maximum absolute atomic E-state index is 12.1. The van der Waals surface area contributed by atoms with Crippen LogP contribution in [0.5, 0.6) is 0 Å². The molecule has 2 amide bonds. The fourth-order valence-electron chi connectivity index (χ4n) is 1.94. The largest absolute Gasteiger partial charge is 0.348 e. The van der Waals surface area contributed by atoms with Crippen molar-refractivity contribution in [3.63, 3.8) is 0 Å². The van der Waals surface area contributed by atoms with Crippen molar-refractivity contribution in [3.05, 3.63) is 34.3 Å². The summed E-state index contributed by atoms with van der Waals surface area (Å²) >= 11 is 3.39. The summed E-state index contributed by atoms with van der Waals surface area (Å²) in [6.45, 7) is 5.01. The molecule has 1 unspecified atom stereocenters. The Morgan fingerprint density at radius 2 is 1.77 bits per heavy atom. The Morgan fingerprint density at radius 1 is 1.18 bits per heavy atom. The average molecular weight is 370 g/mol. The van der Waals surface area contributed by atoms with Crippen molar-refractivity contribution in [2.75, 3.05) is 33.7 Å². The Balaban J connectivity index is 2.53. The summed E-state index contributed by atoms with van der Waals surface area (Å²) in [6.07, 6.45) is 0. The Hall–Kier alpha value is -1.40. The van der Waals surface area contributed by atoms with Gasteiger partial charge in [0, 0.05) is 18.6 Å². The van der Waals surface area contributed by atoms with Crippen LogP contribution in [0.15, 0.2) is 28.7 Å². The van der Waals surface area contributed by atoms with Crippen molar-refractivity contribution in [2.45, 2.75) is 19.9 Å². The molecule has 1 N–H and O–H groups in total. The second-order valence-electron chi connectivity index (χ2n) is 5.43. The summed E-state index contributed by atoms with van der Waals surface area (Å²) in [6, 6.07) is 7.78. The zero-order chi connectivity index (χ0) is 16.7. The van der Waals surface area contributed by atoms with E-state index in [0.717, 1.165) is 10.0 Å². The molecule has 1 atom stereocenters. The lowest BCUT2D eigenvalue weighted by Gasteiger charge is -2.22. The highest BCUT2D eigenvalue weighted by Gasteiger charge is 2.16. The number of halogens is 1. The molecule has 0 aliphatic heterocycles. The number of carbonyl (C=O) groups is 2. The Kier molecular flexibility index (Phi) is 7.55. The van der Waals surface area contributed by atoms with Gasteiger partial charge in [0.25, 0.3) is 0 Å². The molecule has 0 aliphatic carbocycles. The maximum atomic E-state index is 12.1.